The van der Waals surface area contributed by atoms with Gasteiger partial charge in [0.25, 0.3) is 0 Å². The van der Waals surface area contributed by atoms with Gasteiger partial charge in [-0.1, -0.05) is 6.92 Å². The van der Waals surface area contributed by atoms with Gasteiger partial charge in [0.05, 0.1) is 6.10 Å². The summed E-state index contributed by atoms with van der Waals surface area (Å²) in [4.78, 5) is 11.1. The first kappa shape index (κ1) is 12.4. The lowest BCUT2D eigenvalue weighted by molar-refractivity contribution is -0.121. The Balaban J connectivity index is 3.30. The Bertz CT molecular complexity index is 140. The molecule has 0 radical (unpaired) electrons. The maximum atomic E-state index is 11.1. The van der Waals surface area contributed by atoms with Crippen molar-refractivity contribution in [2.45, 2.75) is 32.3 Å². The van der Waals surface area contributed by atoms with Gasteiger partial charge in [-0.2, -0.15) is 0 Å². The van der Waals surface area contributed by atoms with E-state index < -0.39 is 6.10 Å². The number of carbonyl (C=O) groups is 1. The van der Waals surface area contributed by atoms with Crippen LogP contribution in [-0.2, 0) is 4.79 Å². The molecule has 0 aromatic carbocycles. The fourth-order valence-electron chi connectivity index (χ4n) is 0.890. The number of carbonyl (C=O) groups excluding carboxylic acids is 1. The van der Waals surface area contributed by atoms with Gasteiger partial charge in [-0.05, 0) is 26.4 Å². The van der Waals surface area contributed by atoms with Crippen LogP contribution >= 0.6 is 0 Å². The molecule has 0 aromatic rings. The average Bonchev–Trinajstić information content (AvgIpc) is 2.14. The van der Waals surface area contributed by atoms with Crippen LogP contribution in [-0.4, -0.2) is 37.3 Å². The second kappa shape index (κ2) is 8.01. The topological polar surface area (TPSA) is 61.4 Å². The van der Waals surface area contributed by atoms with Crippen molar-refractivity contribution in [3.8, 4) is 0 Å². The molecule has 13 heavy (non-hydrogen) atoms. The number of hydrogen-bond acceptors (Lipinski definition) is 3. The predicted molar refractivity (Wildman–Crippen MR) is 52.5 cm³/mol. The number of aliphatic hydroxyl groups is 1. The van der Waals surface area contributed by atoms with E-state index in [2.05, 4.69) is 10.6 Å². The first-order chi connectivity index (χ1) is 6.20. The molecule has 1 unspecified atom stereocenters. The molecule has 0 aliphatic carbocycles. The summed E-state index contributed by atoms with van der Waals surface area (Å²) in [5.41, 5.74) is 0. The highest BCUT2D eigenvalue weighted by molar-refractivity contribution is 5.75. The summed E-state index contributed by atoms with van der Waals surface area (Å²) >= 11 is 0. The van der Waals surface area contributed by atoms with Crippen LogP contribution in [0.2, 0.25) is 0 Å². The zero-order valence-corrected chi connectivity index (χ0v) is 8.47. The quantitative estimate of drug-likeness (QED) is 0.488. The molecule has 0 aliphatic rings. The van der Waals surface area contributed by atoms with Crippen molar-refractivity contribution in [2.75, 3.05) is 20.1 Å². The fourth-order valence-corrected chi connectivity index (χ4v) is 0.890. The molecule has 0 heterocycles. The zero-order chi connectivity index (χ0) is 10.1. The summed E-state index contributed by atoms with van der Waals surface area (Å²) < 4.78 is 0. The summed E-state index contributed by atoms with van der Waals surface area (Å²) in [6, 6.07) is 0. The lowest BCUT2D eigenvalue weighted by Crippen LogP contribution is -2.31. The maximum absolute atomic E-state index is 11.1. The fraction of sp³-hybridized carbons (Fsp3) is 0.889. The van der Waals surface area contributed by atoms with Crippen molar-refractivity contribution in [1.29, 1.82) is 0 Å². The Morgan fingerprint density at radius 3 is 2.77 bits per heavy atom. The highest BCUT2D eigenvalue weighted by Crippen LogP contribution is 1.89. The van der Waals surface area contributed by atoms with Gasteiger partial charge < -0.3 is 15.7 Å². The Morgan fingerprint density at radius 2 is 2.23 bits per heavy atom. The Morgan fingerprint density at radius 1 is 1.54 bits per heavy atom. The van der Waals surface area contributed by atoms with E-state index in [4.69, 9.17) is 5.11 Å². The lowest BCUT2D eigenvalue weighted by atomic mass is 10.2. The van der Waals surface area contributed by atoms with Crippen molar-refractivity contribution < 1.29 is 9.90 Å². The third-order valence-electron chi connectivity index (χ3n) is 1.84. The van der Waals surface area contributed by atoms with Crippen LogP contribution in [0, 0.1) is 0 Å². The molecule has 78 valence electrons. The van der Waals surface area contributed by atoms with E-state index in [0.717, 1.165) is 13.0 Å². The monoisotopic (exact) mass is 188 g/mol. The summed E-state index contributed by atoms with van der Waals surface area (Å²) in [5.74, 6) is 0.0164. The van der Waals surface area contributed by atoms with Crippen molar-refractivity contribution in [1.82, 2.24) is 10.6 Å². The third kappa shape index (κ3) is 7.74. The summed E-state index contributed by atoms with van der Waals surface area (Å²) in [6.07, 6.45) is 1.63. The van der Waals surface area contributed by atoms with Crippen molar-refractivity contribution in [3.63, 3.8) is 0 Å². The first-order valence-corrected chi connectivity index (χ1v) is 4.80. The summed E-state index contributed by atoms with van der Waals surface area (Å²) in [7, 11) is 1.86. The van der Waals surface area contributed by atoms with Crippen LogP contribution < -0.4 is 10.6 Å². The van der Waals surface area contributed by atoms with Crippen LogP contribution in [0.4, 0.5) is 0 Å². The van der Waals surface area contributed by atoms with Gasteiger partial charge in [0, 0.05) is 13.0 Å². The van der Waals surface area contributed by atoms with Gasteiger partial charge in [0.1, 0.15) is 0 Å². The van der Waals surface area contributed by atoms with E-state index in [0.29, 0.717) is 19.4 Å². The molecule has 1 amide bonds. The SMILES string of the molecule is CCC(O)CNC(=O)CCCNC. The van der Waals surface area contributed by atoms with Gasteiger partial charge in [0.2, 0.25) is 5.91 Å². The van der Waals surface area contributed by atoms with Crippen molar-refractivity contribution in [2.24, 2.45) is 0 Å². The molecule has 0 aromatic heterocycles. The predicted octanol–water partition coefficient (Wildman–Crippen LogP) is -0.127. The third-order valence-corrected chi connectivity index (χ3v) is 1.84. The molecule has 0 fully saturated rings. The Kier molecular flexibility index (Phi) is 7.63. The van der Waals surface area contributed by atoms with E-state index >= 15 is 0 Å². The van der Waals surface area contributed by atoms with Crippen LogP contribution in [0.3, 0.4) is 0 Å². The number of amides is 1. The second-order valence-electron chi connectivity index (χ2n) is 3.07. The molecule has 4 nitrogen and oxygen atoms in total. The molecule has 3 N–H and O–H groups in total. The molecular weight excluding hydrogens is 168 g/mol. The highest BCUT2D eigenvalue weighted by atomic mass is 16.3. The minimum absolute atomic E-state index is 0.0164. The van der Waals surface area contributed by atoms with E-state index in [-0.39, 0.29) is 5.91 Å². The van der Waals surface area contributed by atoms with Crippen molar-refractivity contribution in [3.05, 3.63) is 0 Å². The lowest BCUT2D eigenvalue weighted by Gasteiger charge is -2.08. The van der Waals surface area contributed by atoms with Crippen LogP contribution in [0.15, 0.2) is 0 Å². The van der Waals surface area contributed by atoms with Gasteiger partial charge in [0.15, 0.2) is 0 Å². The number of hydrogen-bond donors (Lipinski definition) is 3. The molecular formula is C9H20N2O2. The van der Waals surface area contributed by atoms with Crippen LogP contribution in [0.1, 0.15) is 26.2 Å². The molecule has 0 spiro atoms. The molecule has 0 aliphatic heterocycles. The van der Waals surface area contributed by atoms with Crippen LogP contribution in [0.25, 0.3) is 0 Å². The van der Waals surface area contributed by atoms with E-state index in [1.54, 1.807) is 0 Å². The summed E-state index contributed by atoms with van der Waals surface area (Å²) in [5, 5.41) is 14.8. The highest BCUT2D eigenvalue weighted by Gasteiger charge is 2.03. The van der Waals surface area contributed by atoms with Gasteiger partial charge >= 0.3 is 0 Å². The van der Waals surface area contributed by atoms with E-state index in [9.17, 15) is 4.79 Å². The van der Waals surface area contributed by atoms with Gasteiger partial charge in [-0.15, -0.1) is 0 Å². The van der Waals surface area contributed by atoms with Crippen LogP contribution in [0.5, 0.6) is 0 Å². The molecule has 0 saturated heterocycles. The number of aliphatic hydroxyl groups excluding tert-OH is 1. The van der Waals surface area contributed by atoms with Gasteiger partial charge in [-0.25, -0.2) is 0 Å². The minimum atomic E-state index is -0.409. The number of nitrogens with one attached hydrogen (secondary N) is 2. The van der Waals surface area contributed by atoms with Gasteiger partial charge in [-0.3, -0.25) is 4.79 Å². The smallest absolute Gasteiger partial charge is 0.220 e. The largest absolute Gasteiger partial charge is 0.391 e. The first-order valence-electron chi connectivity index (χ1n) is 4.80. The van der Waals surface area contributed by atoms with E-state index in [1.165, 1.54) is 0 Å². The second-order valence-corrected chi connectivity index (χ2v) is 3.07. The summed E-state index contributed by atoms with van der Waals surface area (Å²) in [6.45, 7) is 3.11. The molecule has 0 bridgehead atoms. The van der Waals surface area contributed by atoms with E-state index in [1.807, 2.05) is 14.0 Å². The Labute approximate surface area is 79.7 Å². The minimum Gasteiger partial charge on any atom is -0.391 e. The standard InChI is InChI=1S/C9H20N2O2/c1-3-8(12)7-11-9(13)5-4-6-10-2/h8,10,12H,3-7H2,1-2H3,(H,11,13). The van der Waals surface area contributed by atoms with Crippen molar-refractivity contribution >= 4 is 5.91 Å². The average molecular weight is 188 g/mol. The number of rotatable bonds is 7. The zero-order valence-electron chi connectivity index (χ0n) is 8.47. The Hall–Kier alpha value is -0.610. The molecule has 0 rings (SSSR count). The normalized spacial score (nSPS) is 12.5. The molecule has 4 heteroatoms. The molecule has 1 atom stereocenters. The maximum Gasteiger partial charge on any atom is 0.220 e. The molecule has 0 saturated carbocycles.